The zero-order valence-electron chi connectivity index (χ0n) is 11.6. The molecule has 1 aromatic carbocycles. The van der Waals surface area contributed by atoms with Crippen LogP contribution < -0.4 is 5.32 Å². The van der Waals surface area contributed by atoms with Crippen molar-refractivity contribution in [3.8, 4) is 0 Å². The fraction of sp³-hybridized carbons (Fsp3) is 0.625. The molecule has 1 saturated heterocycles. The fourth-order valence-electron chi connectivity index (χ4n) is 3.34. The number of likely N-dealkylation sites (tertiary alicyclic amines) is 1. The third-order valence-corrected chi connectivity index (χ3v) is 4.40. The Bertz CT molecular complexity index is 425. The number of fused-ring (bicyclic) bond motifs is 1. The molecule has 2 nitrogen and oxygen atoms in total. The summed E-state index contributed by atoms with van der Waals surface area (Å²) >= 11 is 0. The van der Waals surface area contributed by atoms with Crippen molar-refractivity contribution >= 4 is 0 Å². The van der Waals surface area contributed by atoms with E-state index in [1.807, 2.05) is 0 Å². The van der Waals surface area contributed by atoms with Gasteiger partial charge in [0.1, 0.15) is 0 Å². The summed E-state index contributed by atoms with van der Waals surface area (Å²) in [4.78, 5) is 2.63. The molecule has 1 fully saturated rings. The van der Waals surface area contributed by atoms with Crippen LogP contribution >= 0.6 is 0 Å². The van der Waals surface area contributed by atoms with Crippen LogP contribution in [0.15, 0.2) is 24.3 Å². The van der Waals surface area contributed by atoms with Gasteiger partial charge < -0.3 is 10.2 Å². The van der Waals surface area contributed by atoms with E-state index in [0.717, 1.165) is 6.54 Å². The topological polar surface area (TPSA) is 15.3 Å². The molecule has 18 heavy (non-hydrogen) atoms. The van der Waals surface area contributed by atoms with Crippen LogP contribution in [0.2, 0.25) is 0 Å². The molecule has 1 N–H and O–H groups in total. The van der Waals surface area contributed by atoms with Gasteiger partial charge in [-0.05, 0) is 35.9 Å². The molecule has 0 aliphatic carbocycles. The molecule has 1 atom stereocenters. The van der Waals surface area contributed by atoms with Crippen molar-refractivity contribution in [1.29, 1.82) is 0 Å². The summed E-state index contributed by atoms with van der Waals surface area (Å²) in [7, 11) is 0. The van der Waals surface area contributed by atoms with Crippen molar-refractivity contribution in [1.82, 2.24) is 10.2 Å². The van der Waals surface area contributed by atoms with E-state index in [9.17, 15) is 0 Å². The minimum Gasteiger partial charge on any atom is -0.308 e. The van der Waals surface area contributed by atoms with Gasteiger partial charge >= 0.3 is 0 Å². The first-order valence-corrected chi connectivity index (χ1v) is 7.15. The SMILES string of the molecule is CC1(C)CCN(CC2Cc3ccccc3CN2)C1. The molecule has 0 amide bonds. The largest absolute Gasteiger partial charge is 0.308 e. The molecule has 0 radical (unpaired) electrons. The Morgan fingerprint density at radius 3 is 2.78 bits per heavy atom. The monoisotopic (exact) mass is 244 g/mol. The molecule has 1 aromatic rings. The highest BCUT2D eigenvalue weighted by molar-refractivity contribution is 5.29. The maximum absolute atomic E-state index is 3.69. The zero-order chi connectivity index (χ0) is 12.6. The summed E-state index contributed by atoms with van der Waals surface area (Å²) in [5.74, 6) is 0. The quantitative estimate of drug-likeness (QED) is 0.859. The van der Waals surface area contributed by atoms with Crippen LogP contribution in [0, 0.1) is 5.41 Å². The van der Waals surface area contributed by atoms with E-state index >= 15 is 0 Å². The second kappa shape index (κ2) is 4.67. The molecule has 2 aliphatic heterocycles. The standard InChI is InChI=1S/C16H24N2/c1-16(2)7-8-18(12-16)11-15-9-13-5-3-4-6-14(13)10-17-15/h3-6,15,17H,7-12H2,1-2H3. The number of rotatable bonds is 2. The molecule has 98 valence electrons. The minimum atomic E-state index is 0.520. The first-order valence-electron chi connectivity index (χ1n) is 7.15. The van der Waals surface area contributed by atoms with E-state index in [1.54, 1.807) is 5.56 Å². The van der Waals surface area contributed by atoms with Gasteiger partial charge in [-0.15, -0.1) is 0 Å². The van der Waals surface area contributed by atoms with Gasteiger partial charge in [0.2, 0.25) is 0 Å². The van der Waals surface area contributed by atoms with E-state index in [4.69, 9.17) is 0 Å². The van der Waals surface area contributed by atoms with E-state index in [-0.39, 0.29) is 0 Å². The second-order valence-corrected chi connectivity index (χ2v) is 6.70. The molecular formula is C16H24N2. The molecule has 0 bridgehead atoms. The highest BCUT2D eigenvalue weighted by Gasteiger charge is 2.30. The average molecular weight is 244 g/mol. The lowest BCUT2D eigenvalue weighted by Gasteiger charge is -2.30. The van der Waals surface area contributed by atoms with Gasteiger partial charge in [0.15, 0.2) is 0 Å². The van der Waals surface area contributed by atoms with Crippen molar-refractivity contribution in [2.24, 2.45) is 5.41 Å². The van der Waals surface area contributed by atoms with E-state index in [1.165, 1.54) is 38.0 Å². The fourth-order valence-corrected chi connectivity index (χ4v) is 3.34. The molecule has 2 heteroatoms. The lowest BCUT2D eigenvalue weighted by Crippen LogP contribution is -2.44. The average Bonchev–Trinajstić information content (AvgIpc) is 2.68. The van der Waals surface area contributed by atoms with Crippen LogP contribution in [0.4, 0.5) is 0 Å². The van der Waals surface area contributed by atoms with Crippen LogP contribution in [0.25, 0.3) is 0 Å². The molecule has 2 aliphatic rings. The summed E-state index contributed by atoms with van der Waals surface area (Å²) in [6.07, 6.45) is 2.53. The predicted octanol–water partition coefficient (Wildman–Crippen LogP) is 2.43. The van der Waals surface area contributed by atoms with Gasteiger partial charge in [-0.25, -0.2) is 0 Å². The smallest absolute Gasteiger partial charge is 0.0238 e. The molecule has 0 spiro atoms. The van der Waals surface area contributed by atoms with Gasteiger partial charge in [0.05, 0.1) is 0 Å². The maximum Gasteiger partial charge on any atom is 0.0238 e. The van der Waals surface area contributed by atoms with Crippen molar-refractivity contribution in [2.45, 2.75) is 39.3 Å². The van der Waals surface area contributed by atoms with Crippen LogP contribution in [-0.4, -0.2) is 30.6 Å². The van der Waals surface area contributed by atoms with Gasteiger partial charge in [-0.3, -0.25) is 0 Å². The molecule has 0 saturated carbocycles. The molecule has 3 rings (SSSR count). The Kier molecular flexibility index (Phi) is 3.16. The van der Waals surface area contributed by atoms with Crippen molar-refractivity contribution < 1.29 is 0 Å². The number of nitrogens with zero attached hydrogens (tertiary/aromatic N) is 1. The van der Waals surface area contributed by atoms with Crippen LogP contribution in [0.1, 0.15) is 31.4 Å². The summed E-state index contributed by atoms with van der Waals surface area (Å²) in [6, 6.07) is 9.48. The molecular weight excluding hydrogens is 220 g/mol. The Balaban J connectivity index is 1.60. The highest BCUT2D eigenvalue weighted by atomic mass is 15.2. The van der Waals surface area contributed by atoms with E-state index in [0.29, 0.717) is 11.5 Å². The Morgan fingerprint density at radius 2 is 2.06 bits per heavy atom. The number of nitrogens with one attached hydrogen (secondary N) is 1. The van der Waals surface area contributed by atoms with Crippen molar-refractivity contribution in [2.75, 3.05) is 19.6 Å². The third-order valence-electron chi connectivity index (χ3n) is 4.40. The lowest BCUT2D eigenvalue weighted by molar-refractivity contribution is 0.254. The number of benzene rings is 1. The highest BCUT2D eigenvalue weighted by Crippen LogP contribution is 2.29. The van der Waals surface area contributed by atoms with E-state index in [2.05, 4.69) is 48.3 Å². The number of hydrogen-bond acceptors (Lipinski definition) is 2. The summed E-state index contributed by atoms with van der Waals surface area (Å²) in [5.41, 5.74) is 3.54. The van der Waals surface area contributed by atoms with Crippen LogP contribution in [0.3, 0.4) is 0 Å². The van der Waals surface area contributed by atoms with Crippen LogP contribution in [-0.2, 0) is 13.0 Å². The summed E-state index contributed by atoms with van der Waals surface area (Å²) in [6.45, 7) is 9.54. The first-order chi connectivity index (χ1) is 8.62. The van der Waals surface area contributed by atoms with Crippen LogP contribution in [0.5, 0.6) is 0 Å². The third kappa shape index (κ3) is 2.60. The normalized spacial score (nSPS) is 27.1. The Morgan fingerprint density at radius 1 is 1.28 bits per heavy atom. The Hall–Kier alpha value is -0.860. The van der Waals surface area contributed by atoms with Crippen molar-refractivity contribution in [3.05, 3.63) is 35.4 Å². The van der Waals surface area contributed by atoms with Gasteiger partial charge in [-0.1, -0.05) is 38.1 Å². The van der Waals surface area contributed by atoms with Gasteiger partial charge in [0, 0.05) is 25.7 Å². The first kappa shape index (κ1) is 12.2. The molecule has 1 unspecified atom stereocenters. The minimum absolute atomic E-state index is 0.520. The van der Waals surface area contributed by atoms with Gasteiger partial charge in [-0.2, -0.15) is 0 Å². The maximum atomic E-state index is 3.69. The van der Waals surface area contributed by atoms with Crippen molar-refractivity contribution in [3.63, 3.8) is 0 Å². The molecule has 2 heterocycles. The second-order valence-electron chi connectivity index (χ2n) is 6.70. The van der Waals surface area contributed by atoms with Gasteiger partial charge in [0.25, 0.3) is 0 Å². The lowest BCUT2D eigenvalue weighted by atomic mass is 9.93. The number of hydrogen-bond donors (Lipinski definition) is 1. The predicted molar refractivity (Wildman–Crippen MR) is 75.6 cm³/mol. The van der Waals surface area contributed by atoms with E-state index < -0.39 is 0 Å². The Labute approximate surface area is 110 Å². The summed E-state index contributed by atoms with van der Waals surface area (Å²) in [5, 5.41) is 3.69. The zero-order valence-corrected chi connectivity index (χ0v) is 11.6. The summed E-state index contributed by atoms with van der Waals surface area (Å²) < 4.78 is 0. The molecule has 0 aromatic heterocycles.